The maximum absolute atomic E-state index is 13.9. The SMILES string of the molecule is CN=C(NCCCN1C(=O)C2C3C=CC(C3)C2C1=O)NC1CC1c1ccccc1F. The number of carbonyl (C=O) groups is 2. The molecular weight excluding hydrogens is 383 g/mol. The molecule has 6 atom stereocenters. The van der Waals surface area contributed by atoms with Crippen molar-refractivity contribution in [2.45, 2.75) is 31.2 Å². The van der Waals surface area contributed by atoms with E-state index in [1.54, 1.807) is 13.1 Å². The third-order valence-corrected chi connectivity index (χ3v) is 7.05. The van der Waals surface area contributed by atoms with E-state index in [9.17, 15) is 14.0 Å². The number of carbonyl (C=O) groups excluding carboxylic acids is 2. The first-order valence-corrected chi connectivity index (χ1v) is 10.8. The molecule has 30 heavy (non-hydrogen) atoms. The van der Waals surface area contributed by atoms with Gasteiger partial charge in [0.25, 0.3) is 0 Å². The van der Waals surface area contributed by atoms with Crippen molar-refractivity contribution in [1.29, 1.82) is 0 Å². The number of likely N-dealkylation sites (tertiary alicyclic amines) is 1. The lowest BCUT2D eigenvalue weighted by molar-refractivity contribution is -0.140. The molecule has 6 nitrogen and oxygen atoms in total. The van der Waals surface area contributed by atoms with E-state index in [0.717, 1.165) is 18.4 Å². The van der Waals surface area contributed by atoms with Crippen LogP contribution in [0.25, 0.3) is 0 Å². The zero-order valence-electron chi connectivity index (χ0n) is 17.1. The van der Waals surface area contributed by atoms with Gasteiger partial charge in [0.15, 0.2) is 5.96 Å². The fraction of sp³-hybridized carbons (Fsp3) is 0.522. The van der Waals surface area contributed by atoms with E-state index in [0.29, 0.717) is 25.5 Å². The number of allylic oxidation sites excluding steroid dienone is 2. The zero-order valence-corrected chi connectivity index (χ0v) is 17.1. The third-order valence-electron chi connectivity index (χ3n) is 7.05. The molecular formula is C23H27FN4O2. The molecule has 2 N–H and O–H groups in total. The van der Waals surface area contributed by atoms with E-state index in [-0.39, 0.29) is 53.3 Å². The summed E-state index contributed by atoms with van der Waals surface area (Å²) >= 11 is 0. The van der Waals surface area contributed by atoms with Crippen molar-refractivity contribution in [3.8, 4) is 0 Å². The lowest BCUT2D eigenvalue weighted by Crippen LogP contribution is -2.41. The van der Waals surface area contributed by atoms with Gasteiger partial charge >= 0.3 is 0 Å². The summed E-state index contributed by atoms with van der Waals surface area (Å²) in [7, 11) is 1.70. The molecule has 4 aliphatic rings. The highest BCUT2D eigenvalue weighted by Crippen LogP contribution is 2.52. The van der Waals surface area contributed by atoms with Crippen LogP contribution in [0.2, 0.25) is 0 Å². The minimum Gasteiger partial charge on any atom is -0.356 e. The van der Waals surface area contributed by atoms with Crippen LogP contribution in [0.15, 0.2) is 41.4 Å². The summed E-state index contributed by atoms with van der Waals surface area (Å²) in [5.74, 6) is 0.936. The maximum atomic E-state index is 13.9. The van der Waals surface area contributed by atoms with E-state index in [1.807, 2.05) is 12.1 Å². The molecule has 2 amide bonds. The highest BCUT2D eigenvalue weighted by Gasteiger charge is 2.58. The number of rotatable bonds is 6. The second-order valence-electron chi connectivity index (χ2n) is 8.80. The molecule has 7 heteroatoms. The van der Waals surface area contributed by atoms with Crippen LogP contribution in [0.1, 0.15) is 30.7 Å². The van der Waals surface area contributed by atoms with Gasteiger partial charge in [-0.25, -0.2) is 4.39 Å². The number of halogens is 1. The molecule has 1 aromatic carbocycles. The van der Waals surface area contributed by atoms with Gasteiger partial charge in [-0.2, -0.15) is 0 Å². The highest BCUT2D eigenvalue weighted by molar-refractivity contribution is 6.06. The van der Waals surface area contributed by atoms with Crippen molar-refractivity contribution in [2.75, 3.05) is 20.1 Å². The molecule has 5 rings (SSSR count). The Balaban J connectivity index is 1.08. The fourth-order valence-electron chi connectivity index (χ4n) is 5.47. The standard InChI is InChI=1S/C23H27FN4O2/c1-25-23(27-18-12-16(18)15-5-2-3-6-17(15)24)26-9-4-10-28-21(29)19-13-7-8-14(11-13)20(19)22(28)30/h2-3,5-8,13-14,16,18-20H,4,9-12H2,1H3,(H2,25,26,27). The number of amides is 2. The van der Waals surface area contributed by atoms with Crippen LogP contribution >= 0.6 is 0 Å². The molecule has 3 aliphatic carbocycles. The Labute approximate surface area is 175 Å². The normalized spacial score (nSPS) is 33.9. The molecule has 158 valence electrons. The second kappa shape index (κ2) is 7.52. The van der Waals surface area contributed by atoms with Crippen molar-refractivity contribution < 1.29 is 14.0 Å². The van der Waals surface area contributed by atoms with E-state index < -0.39 is 0 Å². The summed E-state index contributed by atoms with van der Waals surface area (Å²) in [6.45, 7) is 1.05. The average Bonchev–Trinajstić information content (AvgIpc) is 3.07. The second-order valence-corrected chi connectivity index (χ2v) is 8.80. The van der Waals surface area contributed by atoms with Crippen molar-refractivity contribution in [3.05, 3.63) is 47.8 Å². The summed E-state index contributed by atoms with van der Waals surface area (Å²) in [5, 5.41) is 6.58. The highest BCUT2D eigenvalue weighted by atomic mass is 19.1. The summed E-state index contributed by atoms with van der Waals surface area (Å²) in [6.07, 6.45) is 6.73. The van der Waals surface area contributed by atoms with Crippen molar-refractivity contribution in [1.82, 2.24) is 15.5 Å². The molecule has 0 spiro atoms. The van der Waals surface area contributed by atoms with Crippen LogP contribution in [-0.4, -0.2) is 48.9 Å². The Bertz CT molecular complexity index is 900. The van der Waals surface area contributed by atoms with Gasteiger partial charge in [0, 0.05) is 32.1 Å². The molecule has 3 fully saturated rings. The number of nitrogens with one attached hydrogen (secondary N) is 2. The number of guanidine groups is 1. The Morgan fingerprint density at radius 1 is 1.13 bits per heavy atom. The van der Waals surface area contributed by atoms with Crippen molar-refractivity contribution in [3.63, 3.8) is 0 Å². The van der Waals surface area contributed by atoms with Crippen LogP contribution in [-0.2, 0) is 9.59 Å². The number of aliphatic imine (C=N–C) groups is 1. The number of benzene rings is 1. The lowest BCUT2D eigenvalue weighted by Gasteiger charge is -2.18. The molecule has 2 saturated carbocycles. The van der Waals surface area contributed by atoms with Gasteiger partial charge in [0.1, 0.15) is 5.82 Å². The third kappa shape index (κ3) is 3.20. The quantitative estimate of drug-likeness (QED) is 0.248. The van der Waals surface area contributed by atoms with Crippen LogP contribution in [0.3, 0.4) is 0 Å². The van der Waals surface area contributed by atoms with Gasteiger partial charge in [-0.15, -0.1) is 0 Å². The predicted octanol–water partition coefficient (Wildman–Crippen LogP) is 2.04. The molecule has 6 unspecified atom stereocenters. The van der Waals surface area contributed by atoms with Gasteiger partial charge < -0.3 is 10.6 Å². The number of imide groups is 1. The minimum absolute atomic E-state index is 0.00932. The van der Waals surface area contributed by atoms with Gasteiger partial charge in [0.05, 0.1) is 11.8 Å². The van der Waals surface area contributed by atoms with Crippen LogP contribution < -0.4 is 10.6 Å². The average molecular weight is 410 g/mol. The van der Waals surface area contributed by atoms with E-state index in [4.69, 9.17) is 0 Å². The molecule has 1 heterocycles. The smallest absolute Gasteiger partial charge is 0.233 e. The number of nitrogens with zero attached hydrogens (tertiary/aromatic N) is 2. The molecule has 0 aromatic heterocycles. The summed E-state index contributed by atoms with van der Waals surface area (Å²) in [4.78, 5) is 31.1. The van der Waals surface area contributed by atoms with Gasteiger partial charge in [0.2, 0.25) is 11.8 Å². The largest absolute Gasteiger partial charge is 0.356 e. The Kier molecular flexibility index (Phi) is 4.83. The monoisotopic (exact) mass is 410 g/mol. The van der Waals surface area contributed by atoms with Crippen molar-refractivity contribution in [2.24, 2.45) is 28.7 Å². The lowest BCUT2D eigenvalue weighted by atomic mass is 9.85. The molecule has 0 radical (unpaired) electrons. The number of hydrogen-bond donors (Lipinski definition) is 2. The van der Waals surface area contributed by atoms with Crippen molar-refractivity contribution >= 4 is 17.8 Å². The summed E-state index contributed by atoms with van der Waals surface area (Å²) in [6, 6.07) is 7.05. The molecule has 2 bridgehead atoms. The summed E-state index contributed by atoms with van der Waals surface area (Å²) < 4.78 is 13.9. The first-order valence-electron chi connectivity index (χ1n) is 10.8. The van der Waals surface area contributed by atoms with Gasteiger partial charge in [-0.05, 0) is 42.7 Å². The predicted molar refractivity (Wildman–Crippen MR) is 111 cm³/mol. The Morgan fingerprint density at radius 3 is 2.50 bits per heavy atom. The fourth-order valence-corrected chi connectivity index (χ4v) is 5.47. The first kappa shape index (κ1) is 19.3. The first-order chi connectivity index (χ1) is 14.6. The number of hydrogen-bond acceptors (Lipinski definition) is 3. The molecule has 1 saturated heterocycles. The minimum atomic E-state index is -0.164. The Morgan fingerprint density at radius 2 is 1.83 bits per heavy atom. The van der Waals surface area contributed by atoms with Crippen LogP contribution in [0, 0.1) is 29.5 Å². The van der Waals surface area contributed by atoms with E-state index in [1.165, 1.54) is 11.0 Å². The molecule has 1 aliphatic heterocycles. The van der Waals surface area contributed by atoms with Gasteiger partial charge in [-0.1, -0.05) is 30.4 Å². The number of fused-ring (bicyclic) bond motifs is 5. The van der Waals surface area contributed by atoms with Gasteiger partial charge in [-0.3, -0.25) is 19.5 Å². The Hall–Kier alpha value is -2.70. The zero-order chi connectivity index (χ0) is 20.8. The van der Waals surface area contributed by atoms with Crippen LogP contribution in [0.4, 0.5) is 4.39 Å². The topological polar surface area (TPSA) is 73.8 Å². The maximum Gasteiger partial charge on any atom is 0.233 e. The summed E-state index contributed by atoms with van der Waals surface area (Å²) in [5.41, 5.74) is 0.741. The van der Waals surface area contributed by atoms with E-state index in [2.05, 4.69) is 27.8 Å². The van der Waals surface area contributed by atoms with Crippen LogP contribution in [0.5, 0.6) is 0 Å². The van der Waals surface area contributed by atoms with E-state index >= 15 is 0 Å². The molecule has 1 aromatic rings.